The minimum atomic E-state index is 0.248. The Bertz CT molecular complexity index is 408. The first-order valence-corrected chi connectivity index (χ1v) is 6.61. The van der Waals surface area contributed by atoms with Crippen molar-refractivity contribution in [2.45, 2.75) is 0 Å². The molecule has 0 aliphatic carbocycles. The standard InChI is InChI=1S/C8H6O3.C6H10S/c9-4-6-1-2-7-8(3-6)11-5-10-7;1-3-5-7-6-4-2/h1-4H,5H2;3-4H,1-2,5-6H2. The molecule has 0 saturated heterocycles. The number of hydrogen-bond donors (Lipinski definition) is 0. The maximum Gasteiger partial charge on any atom is 0.231 e. The molecule has 0 unspecified atom stereocenters. The summed E-state index contributed by atoms with van der Waals surface area (Å²) in [7, 11) is 0. The molecule has 2 rings (SSSR count). The third-order valence-corrected chi connectivity index (χ3v) is 2.95. The van der Waals surface area contributed by atoms with Gasteiger partial charge in [0.15, 0.2) is 11.5 Å². The highest BCUT2D eigenvalue weighted by Crippen LogP contribution is 2.31. The summed E-state index contributed by atoms with van der Waals surface area (Å²) in [5.74, 6) is 3.42. The zero-order valence-electron chi connectivity index (χ0n) is 10.1. The quantitative estimate of drug-likeness (QED) is 0.464. The van der Waals surface area contributed by atoms with Crippen LogP contribution < -0.4 is 9.47 Å². The molecule has 96 valence electrons. The van der Waals surface area contributed by atoms with Gasteiger partial charge in [-0.05, 0) is 18.2 Å². The largest absolute Gasteiger partial charge is 0.454 e. The Kier molecular flexibility index (Phi) is 6.72. The van der Waals surface area contributed by atoms with E-state index in [2.05, 4.69) is 13.2 Å². The van der Waals surface area contributed by atoms with Crippen molar-refractivity contribution in [3.8, 4) is 11.5 Å². The van der Waals surface area contributed by atoms with Gasteiger partial charge >= 0.3 is 0 Å². The highest BCUT2D eigenvalue weighted by atomic mass is 32.2. The van der Waals surface area contributed by atoms with E-state index in [9.17, 15) is 4.79 Å². The van der Waals surface area contributed by atoms with Gasteiger partial charge in [-0.15, -0.1) is 13.2 Å². The zero-order chi connectivity index (χ0) is 13.2. The van der Waals surface area contributed by atoms with Crippen LogP contribution in [0.15, 0.2) is 43.5 Å². The lowest BCUT2D eigenvalue weighted by molar-refractivity contribution is 0.112. The number of aldehydes is 1. The topological polar surface area (TPSA) is 35.5 Å². The minimum absolute atomic E-state index is 0.248. The lowest BCUT2D eigenvalue weighted by Crippen LogP contribution is -1.92. The molecule has 0 radical (unpaired) electrons. The molecule has 4 heteroatoms. The first-order valence-electron chi connectivity index (χ1n) is 5.46. The van der Waals surface area contributed by atoms with Crippen molar-refractivity contribution < 1.29 is 14.3 Å². The van der Waals surface area contributed by atoms with E-state index in [1.807, 2.05) is 23.9 Å². The van der Waals surface area contributed by atoms with Gasteiger partial charge in [0.1, 0.15) is 6.29 Å². The summed E-state index contributed by atoms with van der Waals surface area (Å²) in [5, 5.41) is 0. The zero-order valence-corrected chi connectivity index (χ0v) is 10.9. The average molecular weight is 264 g/mol. The van der Waals surface area contributed by atoms with Crippen molar-refractivity contribution in [1.82, 2.24) is 0 Å². The Morgan fingerprint density at radius 3 is 2.44 bits per heavy atom. The van der Waals surface area contributed by atoms with Gasteiger partial charge in [-0.25, -0.2) is 0 Å². The van der Waals surface area contributed by atoms with Crippen LogP contribution in [-0.4, -0.2) is 24.6 Å². The van der Waals surface area contributed by atoms with E-state index in [4.69, 9.17) is 9.47 Å². The van der Waals surface area contributed by atoms with Gasteiger partial charge in [0.2, 0.25) is 6.79 Å². The molecule has 1 heterocycles. The summed E-state index contributed by atoms with van der Waals surface area (Å²) in [6, 6.07) is 5.09. The molecule has 1 aliphatic heterocycles. The fourth-order valence-corrected chi connectivity index (χ4v) is 1.69. The molecule has 0 spiro atoms. The van der Waals surface area contributed by atoms with Gasteiger partial charge in [0.05, 0.1) is 0 Å². The molecule has 1 aromatic carbocycles. The molecule has 3 nitrogen and oxygen atoms in total. The molecule has 0 fully saturated rings. The van der Waals surface area contributed by atoms with Crippen LogP contribution >= 0.6 is 11.8 Å². The van der Waals surface area contributed by atoms with E-state index in [1.165, 1.54) is 0 Å². The van der Waals surface area contributed by atoms with Crippen LogP contribution in [0.5, 0.6) is 11.5 Å². The second-order valence-corrected chi connectivity index (χ2v) is 4.42. The Hall–Kier alpha value is -1.68. The first-order chi connectivity index (χ1) is 8.81. The molecule has 0 saturated carbocycles. The number of fused-ring (bicyclic) bond motifs is 1. The van der Waals surface area contributed by atoms with Crippen LogP contribution in [0.25, 0.3) is 0 Å². The predicted octanol–water partition coefficient (Wildman–Crippen LogP) is 3.32. The summed E-state index contributed by atoms with van der Waals surface area (Å²) in [4.78, 5) is 10.3. The Morgan fingerprint density at radius 1 is 1.17 bits per heavy atom. The van der Waals surface area contributed by atoms with Crippen molar-refractivity contribution in [2.24, 2.45) is 0 Å². The maximum atomic E-state index is 10.3. The minimum Gasteiger partial charge on any atom is -0.454 e. The molecule has 0 bridgehead atoms. The fourth-order valence-electron chi connectivity index (χ4n) is 1.22. The maximum absolute atomic E-state index is 10.3. The molecule has 0 N–H and O–H groups in total. The van der Waals surface area contributed by atoms with Crippen LogP contribution in [-0.2, 0) is 0 Å². The SMILES string of the molecule is C=CCSCC=C.O=Cc1ccc2c(c1)OCO2. The Morgan fingerprint density at radius 2 is 1.83 bits per heavy atom. The second kappa shape index (κ2) is 8.42. The third kappa shape index (κ3) is 4.67. The molecular formula is C14H16O3S. The first kappa shape index (κ1) is 14.4. The number of carbonyl (C=O) groups excluding carboxylic acids is 1. The number of thioether (sulfide) groups is 1. The normalized spacial score (nSPS) is 11.1. The number of benzene rings is 1. The summed E-state index contributed by atoms with van der Waals surface area (Å²) in [5.41, 5.74) is 0.606. The van der Waals surface area contributed by atoms with Crippen molar-refractivity contribution in [1.29, 1.82) is 0 Å². The predicted molar refractivity (Wildman–Crippen MR) is 75.7 cm³/mol. The van der Waals surface area contributed by atoms with Gasteiger partial charge in [0.25, 0.3) is 0 Å². The fraction of sp³-hybridized carbons (Fsp3) is 0.214. The summed E-state index contributed by atoms with van der Waals surface area (Å²) >= 11 is 1.82. The van der Waals surface area contributed by atoms with E-state index in [0.717, 1.165) is 17.8 Å². The van der Waals surface area contributed by atoms with E-state index < -0.39 is 0 Å². The number of ether oxygens (including phenoxy) is 2. The molecule has 0 aromatic heterocycles. The highest BCUT2D eigenvalue weighted by Gasteiger charge is 2.12. The summed E-state index contributed by atoms with van der Waals surface area (Å²) in [6.07, 6.45) is 4.57. The van der Waals surface area contributed by atoms with Crippen molar-refractivity contribution >= 4 is 18.0 Å². The molecule has 0 atom stereocenters. The second-order valence-electron chi connectivity index (χ2n) is 3.35. The van der Waals surface area contributed by atoms with Gasteiger partial charge in [-0.3, -0.25) is 4.79 Å². The average Bonchev–Trinajstić information content (AvgIpc) is 2.87. The van der Waals surface area contributed by atoms with Crippen molar-refractivity contribution in [3.05, 3.63) is 49.1 Å². The highest BCUT2D eigenvalue weighted by molar-refractivity contribution is 7.99. The monoisotopic (exact) mass is 264 g/mol. The molecular weight excluding hydrogens is 248 g/mol. The van der Waals surface area contributed by atoms with E-state index in [-0.39, 0.29) is 6.79 Å². The van der Waals surface area contributed by atoms with Crippen LogP contribution in [0.2, 0.25) is 0 Å². The van der Waals surface area contributed by atoms with Crippen LogP contribution in [0, 0.1) is 0 Å². The lowest BCUT2D eigenvalue weighted by atomic mass is 10.2. The molecule has 18 heavy (non-hydrogen) atoms. The van der Waals surface area contributed by atoms with Gasteiger partial charge in [0, 0.05) is 17.1 Å². The number of carbonyl (C=O) groups is 1. The van der Waals surface area contributed by atoms with E-state index >= 15 is 0 Å². The van der Waals surface area contributed by atoms with Gasteiger partial charge < -0.3 is 9.47 Å². The van der Waals surface area contributed by atoms with Crippen molar-refractivity contribution in [2.75, 3.05) is 18.3 Å². The molecule has 0 amide bonds. The third-order valence-electron chi connectivity index (χ3n) is 2.00. The van der Waals surface area contributed by atoms with Crippen LogP contribution in [0.1, 0.15) is 10.4 Å². The molecule has 1 aliphatic rings. The number of hydrogen-bond acceptors (Lipinski definition) is 4. The van der Waals surface area contributed by atoms with Crippen LogP contribution in [0.3, 0.4) is 0 Å². The van der Waals surface area contributed by atoms with E-state index in [0.29, 0.717) is 17.1 Å². The smallest absolute Gasteiger partial charge is 0.231 e. The molecule has 1 aromatic rings. The van der Waals surface area contributed by atoms with Crippen LogP contribution in [0.4, 0.5) is 0 Å². The van der Waals surface area contributed by atoms with Crippen molar-refractivity contribution in [3.63, 3.8) is 0 Å². The Balaban J connectivity index is 0.000000203. The van der Waals surface area contributed by atoms with Gasteiger partial charge in [-0.1, -0.05) is 12.2 Å². The Labute approximate surface area is 111 Å². The number of rotatable bonds is 5. The summed E-state index contributed by atoms with van der Waals surface area (Å²) < 4.78 is 10.1. The summed E-state index contributed by atoms with van der Waals surface area (Å²) in [6.45, 7) is 7.40. The lowest BCUT2D eigenvalue weighted by Gasteiger charge is -1.94. The van der Waals surface area contributed by atoms with Gasteiger partial charge in [-0.2, -0.15) is 11.8 Å². The van der Waals surface area contributed by atoms with E-state index in [1.54, 1.807) is 18.2 Å².